The zero-order valence-corrected chi connectivity index (χ0v) is 20.6. The predicted molar refractivity (Wildman–Crippen MR) is 136 cm³/mol. The molecule has 0 aliphatic rings. The minimum Gasteiger partial charge on any atom is -0.344 e. The van der Waals surface area contributed by atoms with Crippen molar-refractivity contribution in [1.29, 1.82) is 0 Å². The lowest BCUT2D eigenvalue weighted by molar-refractivity contribution is 0.0939. The Bertz CT molecular complexity index is 1630. The van der Waals surface area contributed by atoms with Gasteiger partial charge in [0.05, 0.1) is 27.8 Å². The van der Waals surface area contributed by atoms with Crippen LogP contribution in [0.3, 0.4) is 0 Å². The molecule has 0 spiro atoms. The van der Waals surface area contributed by atoms with E-state index in [9.17, 15) is 9.59 Å². The Morgan fingerprint density at radius 2 is 1.88 bits per heavy atom. The Kier molecular flexibility index (Phi) is 5.71. The zero-order valence-electron chi connectivity index (χ0n) is 18.3. The number of aryl methyl sites for hydroxylation is 1. The summed E-state index contributed by atoms with van der Waals surface area (Å²) < 4.78 is 3.84. The van der Waals surface area contributed by atoms with E-state index in [0.717, 1.165) is 0 Å². The van der Waals surface area contributed by atoms with Crippen LogP contribution in [0.1, 0.15) is 34.7 Å². The fourth-order valence-electron chi connectivity index (χ4n) is 4.20. The van der Waals surface area contributed by atoms with Crippen LogP contribution in [0.25, 0.3) is 22.1 Å². The maximum atomic E-state index is 13.7. The van der Waals surface area contributed by atoms with Gasteiger partial charge in [0.2, 0.25) is 0 Å². The van der Waals surface area contributed by atoms with Crippen molar-refractivity contribution in [3.63, 3.8) is 0 Å². The highest BCUT2D eigenvalue weighted by Crippen LogP contribution is 2.34. The van der Waals surface area contributed by atoms with Crippen molar-refractivity contribution in [2.45, 2.75) is 19.9 Å². The summed E-state index contributed by atoms with van der Waals surface area (Å²) in [6.07, 6.45) is 3.36. The molecule has 0 saturated heterocycles. The number of hydrogen-bond acceptors (Lipinski definition) is 4. The normalized spacial score (nSPS) is 12.2. The van der Waals surface area contributed by atoms with Crippen LogP contribution in [-0.4, -0.2) is 25.1 Å². The van der Waals surface area contributed by atoms with Crippen LogP contribution in [0.4, 0.5) is 0 Å². The fraction of sp³-hybridized carbons (Fsp3) is 0.120. The minimum atomic E-state index is -0.545. The highest BCUT2D eigenvalue weighted by molar-refractivity contribution is 9.10. The van der Waals surface area contributed by atoms with Crippen molar-refractivity contribution in [1.82, 2.24) is 24.5 Å². The number of nitrogens with one attached hydrogen (secondary N) is 1. The first-order valence-electron chi connectivity index (χ1n) is 10.6. The zero-order chi connectivity index (χ0) is 24.0. The average molecular weight is 537 g/mol. The van der Waals surface area contributed by atoms with Crippen molar-refractivity contribution in [2.75, 3.05) is 0 Å². The van der Waals surface area contributed by atoms with Gasteiger partial charge in [-0.15, -0.1) is 0 Å². The van der Waals surface area contributed by atoms with Crippen molar-refractivity contribution < 1.29 is 4.79 Å². The van der Waals surface area contributed by atoms with E-state index < -0.39 is 6.04 Å². The van der Waals surface area contributed by atoms with Gasteiger partial charge in [-0.2, -0.15) is 5.10 Å². The summed E-state index contributed by atoms with van der Waals surface area (Å²) in [7, 11) is 0. The third-order valence-electron chi connectivity index (χ3n) is 5.70. The van der Waals surface area contributed by atoms with E-state index in [-0.39, 0.29) is 11.5 Å². The number of rotatable bonds is 4. The molecule has 0 fully saturated rings. The number of amides is 1. The predicted octanol–water partition coefficient (Wildman–Crippen LogP) is 5.25. The molecule has 5 rings (SSSR count). The molecule has 0 saturated carbocycles. The van der Waals surface area contributed by atoms with Gasteiger partial charge >= 0.3 is 0 Å². The third-order valence-corrected chi connectivity index (χ3v) is 6.85. The number of pyridine rings is 1. The van der Waals surface area contributed by atoms with Gasteiger partial charge in [-0.25, -0.2) is 9.50 Å². The summed E-state index contributed by atoms with van der Waals surface area (Å²) in [5, 5.41) is 8.86. The second kappa shape index (κ2) is 8.70. The second-order valence-electron chi connectivity index (χ2n) is 7.88. The molecular weight excluding hydrogens is 518 g/mol. The van der Waals surface area contributed by atoms with Crippen molar-refractivity contribution >= 4 is 49.9 Å². The Balaban J connectivity index is 1.68. The minimum absolute atomic E-state index is 0.264. The SMILES string of the molecule is Cc1nn2cccnc2c1C(=O)N[C@@H](C)c1c(Br)c2cccc(Cl)c2c(=O)n1-c1ccccc1. The summed E-state index contributed by atoms with van der Waals surface area (Å²) in [5.41, 5.74) is 2.42. The van der Waals surface area contributed by atoms with Gasteiger partial charge in [-0.05, 0) is 54.0 Å². The number of nitrogens with zero attached hydrogens (tertiary/aromatic N) is 4. The topological polar surface area (TPSA) is 81.3 Å². The van der Waals surface area contributed by atoms with Crippen molar-refractivity contribution in [3.8, 4) is 5.69 Å². The van der Waals surface area contributed by atoms with Crippen molar-refractivity contribution in [3.05, 3.63) is 104 Å². The first-order chi connectivity index (χ1) is 16.4. The number of carbonyl (C=O) groups excluding carboxylic acids is 1. The van der Waals surface area contributed by atoms with Crippen molar-refractivity contribution in [2.24, 2.45) is 0 Å². The number of carbonyl (C=O) groups is 1. The van der Waals surface area contributed by atoms with Gasteiger partial charge < -0.3 is 5.32 Å². The van der Waals surface area contributed by atoms with Gasteiger partial charge in [0, 0.05) is 27.9 Å². The van der Waals surface area contributed by atoms with E-state index in [0.29, 0.717) is 48.6 Å². The Morgan fingerprint density at radius 3 is 2.65 bits per heavy atom. The van der Waals surface area contributed by atoms with E-state index >= 15 is 0 Å². The van der Waals surface area contributed by atoms with Crippen LogP contribution in [-0.2, 0) is 0 Å². The summed E-state index contributed by atoms with van der Waals surface area (Å²) in [4.78, 5) is 31.4. The van der Waals surface area contributed by atoms with Gasteiger partial charge in [0.25, 0.3) is 11.5 Å². The molecule has 34 heavy (non-hydrogen) atoms. The molecule has 0 unspecified atom stereocenters. The molecule has 170 valence electrons. The molecule has 3 heterocycles. The largest absolute Gasteiger partial charge is 0.344 e. The number of benzene rings is 2. The summed E-state index contributed by atoms with van der Waals surface area (Å²) in [6.45, 7) is 3.60. The molecule has 1 amide bonds. The molecule has 0 radical (unpaired) electrons. The van der Waals surface area contributed by atoms with E-state index in [1.807, 2.05) is 43.3 Å². The van der Waals surface area contributed by atoms with Gasteiger partial charge in [0.15, 0.2) is 5.65 Å². The maximum Gasteiger partial charge on any atom is 0.264 e. The summed E-state index contributed by atoms with van der Waals surface area (Å²) in [6, 6.07) is 15.8. The number of para-hydroxylation sites is 1. The highest BCUT2D eigenvalue weighted by atomic mass is 79.9. The molecule has 0 bridgehead atoms. The molecule has 1 atom stereocenters. The molecule has 3 aromatic heterocycles. The second-order valence-corrected chi connectivity index (χ2v) is 9.08. The highest BCUT2D eigenvalue weighted by Gasteiger charge is 2.25. The number of hydrogen-bond donors (Lipinski definition) is 1. The summed E-state index contributed by atoms with van der Waals surface area (Å²) >= 11 is 10.1. The maximum absolute atomic E-state index is 13.7. The number of fused-ring (bicyclic) bond motifs is 2. The molecule has 7 nitrogen and oxygen atoms in total. The molecule has 1 N–H and O–H groups in total. The summed E-state index contributed by atoms with van der Waals surface area (Å²) in [5.74, 6) is -0.330. The lowest BCUT2D eigenvalue weighted by Crippen LogP contribution is -2.33. The van der Waals surface area contributed by atoms with Crippen LogP contribution in [0.5, 0.6) is 0 Å². The van der Waals surface area contributed by atoms with Crippen LogP contribution in [0.15, 0.2) is 76.3 Å². The molecule has 2 aromatic carbocycles. The molecule has 0 aliphatic carbocycles. The Labute approximate surface area is 208 Å². The molecule has 0 aliphatic heterocycles. The van der Waals surface area contributed by atoms with Crippen LogP contribution in [0, 0.1) is 6.92 Å². The lowest BCUT2D eigenvalue weighted by atomic mass is 10.1. The fourth-order valence-corrected chi connectivity index (χ4v) is 5.30. The molecule has 9 heteroatoms. The quantitative estimate of drug-likeness (QED) is 0.340. The van der Waals surface area contributed by atoms with Crippen LogP contribution >= 0.6 is 27.5 Å². The van der Waals surface area contributed by atoms with E-state index in [4.69, 9.17) is 11.6 Å². The van der Waals surface area contributed by atoms with E-state index in [1.54, 1.807) is 46.6 Å². The third kappa shape index (κ3) is 3.59. The Morgan fingerprint density at radius 1 is 1.12 bits per heavy atom. The monoisotopic (exact) mass is 535 g/mol. The first-order valence-corrected chi connectivity index (χ1v) is 11.7. The molecular formula is C25H19BrClN5O2. The first kappa shape index (κ1) is 22.3. The Hall–Kier alpha value is -3.49. The lowest BCUT2D eigenvalue weighted by Gasteiger charge is -2.23. The number of aromatic nitrogens is 4. The van der Waals surface area contributed by atoms with Gasteiger partial charge in [0.1, 0.15) is 5.56 Å². The van der Waals surface area contributed by atoms with Crippen LogP contribution < -0.4 is 10.9 Å². The smallest absolute Gasteiger partial charge is 0.264 e. The number of halogens is 2. The standard InChI is InChI=1S/C25H19BrClN5O2/c1-14-19(23-28-12-7-13-31(23)30-14)24(33)29-15(2)22-21(26)17-10-6-11-18(27)20(17)25(34)32(22)16-8-4-3-5-9-16/h3-13,15H,1-2H3,(H,29,33)/t15-/m0/s1. The van der Waals surface area contributed by atoms with Gasteiger partial charge in [-0.3, -0.25) is 14.2 Å². The average Bonchev–Trinajstić information content (AvgIpc) is 3.17. The van der Waals surface area contributed by atoms with Gasteiger partial charge in [-0.1, -0.05) is 41.9 Å². The molecule has 5 aromatic rings. The van der Waals surface area contributed by atoms with Crippen LogP contribution in [0.2, 0.25) is 5.02 Å². The van der Waals surface area contributed by atoms with E-state index in [2.05, 4.69) is 31.3 Å². The van der Waals surface area contributed by atoms with E-state index in [1.165, 1.54) is 0 Å².